The van der Waals surface area contributed by atoms with E-state index in [1.165, 1.54) is 11.3 Å². The van der Waals surface area contributed by atoms with Crippen molar-refractivity contribution in [2.45, 2.75) is 20.3 Å². The first-order valence-electron chi connectivity index (χ1n) is 8.88. The summed E-state index contributed by atoms with van der Waals surface area (Å²) in [7, 11) is 0. The Balaban J connectivity index is 1.64. The van der Waals surface area contributed by atoms with Gasteiger partial charge in [-0.25, -0.2) is 4.98 Å². The van der Waals surface area contributed by atoms with E-state index in [4.69, 9.17) is 16.0 Å². The second kappa shape index (κ2) is 9.03. The molecule has 0 aliphatic heterocycles. The maximum Gasteiger partial charge on any atom is 0.255 e. The molecular weight excluding hydrogens is 398 g/mol. The number of furan rings is 1. The lowest BCUT2D eigenvalue weighted by molar-refractivity contribution is -0.115. The van der Waals surface area contributed by atoms with Gasteiger partial charge in [-0.3, -0.25) is 9.59 Å². The van der Waals surface area contributed by atoms with Crippen molar-refractivity contribution in [2.24, 2.45) is 0 Å². The summed E-state index contributed by atoms with van der Waals surface area (Å²) < 4.78 is 5.31. The first kappa shape index (κ1) is 20.1. The van der Waals surface area contributed by atoms with Crippen molar-refractivity contribution < 1.29 is 14.0 Å². The molecule has 0 saturated heterocycles. The predicted molar refractivity (Wildman–Crippen MR) is 111 cm³/mol. The molecule has 0 radical (unpaired) electrons. The lowest BCUT2D eigenvalue weighted by atomic mass is 10.1. The van der Waals surface area contributed by atoms with Crippen molar-refractivity contribution in [3.8, 4) is 10.8 Å². The summed E-state index contributed by atoms with van der Waals surface area (Å²) in [6.45, 7) is 5.05. The number of amides is 2. The molecule has 3 aromatic rings. The number of nitrogens with zero attached hydrogens (tertiary/aromatic N) is 2. The van der Waals surface area contributed by atoms with Crippen LogP contribution in [0.1, 0.15) is 29.9 Å². The molecule has 0 unspecified atom stereocenters. The van der Waals surface area contributed by atoms with Gasteiger partial charge in [0.25, 0.3) is 5.91 Å². The fraction of sp³-hybridized carbons (Fsp3) is 0.250. The molecule has 0 bridgehead atoms. The van der Waals surface area contributed by atoms with Gasteiger partial charge < -0.3 is 14.6 Å². The van der Waals surface area contributed by atoms with Crippen LogP contribution in [0.15, 0.2) is 46.4 Å². The zero-order chi connectivity index (χ0) is 20.1. The summed E-state index contributed by atoms with van der Waals surface area (Å²) in [5, 5.41) is 5.66. The topological polar surface area (TPSA) is 75.4 Å². The number of aromatic nitrogens is 1. The highest BCUT2D eigenvalue weighted by Gasteiger charge is 2.17. The first-order chi connectivity index (χ1) is 13.5. The molecule has 0 saturated carbocycles. The number of benzene rings is 1. The first-order valence-corrected chi connectivity index (χ1v) is 10.1. The molecule has 0 fully saturated rings. The quantitative estimate of drug-likeness (QED) is 0.603. The second-order valence-electron chi connectivity index (χ2n) is 6.02. The number of nitrogens with one attached hydrogen (secondary N) is 1. The summed E-state index contributed by atoms with van der Waals surface area (Å²) in [6, 6.07) is 8.52. The van der Waals surface area contributed by atoms with E-state index in [9.17, 15) is 9.59 Å². The zero-order valence-corrected chi connectivity index (χ0v) is 17.1. The third-order valence-electron chi connectivity index (χ3n) is 4.16. The lowest BCUT2D eigenvalue weighted by Gasteiger charge is -2.19. The smallest absolute Gasteiger partial charge is 0.255 e. The Hall–Kier alpha value is -2.64. The third kappa shape index (κ3) is 4.61. The van der Waals surface area contributed by atoms with Crippen LogP contribution in [0.2, 0.25) is 5.02 Å². The molecule has 146 valence electrons. The highest BCUT2D eigenvalue weighted by atomic mass is 35.5. The minimum Gasteiger partial charge on any atom is -0.462 e. The summed E-state index contributed by atoms with van der Waals surface area (Å²) >= 11 is 7.69. The van der Waals surface area contributed by atoms with Crippen LogP contribution in [0.5, 0.6) is 0 Å². The number of carbonyl (C=O) groups is 2. The Labute approximate surface area is 172 Å². The van der Waals surface area contributed by atoms with E-state index < -0.39 is 0 Å². The van der Waals surface area contributed by atoms with Crippen LogP contribution >= 0.6 is 22.9 Å². The molecule has 2 aromatic heterocycles. The van der Waals surface area contributed by atoms with Crippen LogP contribution < -0.4 is 5.32 Å². The summed E-state index contributed by atoms with van der Waals surface area (Å²) in [6.07, 6.45) is 1.72. The van der Waals surface area contributed by atoms with Gasteiger partial charge >= 0.3 is 0 Å². The average Bonchev–Trinajstić information content (AvgIpc) is 3.34. The van der Waals surface area contributed by atoms with Crippen LogP contribution in [0, 0.1) is 0 Å². The molecule has 1 N–H and O–H groups in total. The third-order valence-corrected chi connectivity index (χ3v) is 5.38. The van der Waals surface area contributed by atoms with E-state index in [1.54, 1.807) is 35.4 Å². The van der Waals surface area contributed by atoms with Crippen molar-refractivity contribution in [3.05, 3.63) is 58.3 Å². The van der Waals surface area contributed by atoms with E-state index in [0.717, 1.165) is 5.01 Å². The highest BCUT2D eigenvalue weighted by Crippen LogP contribution is 2.25. The van der Waals surface area contributed by atoms with E-state index in [2.05, 4.69) is 10.3 Å². The van der Waals surface area contributed by atoms with Gasteiger partial charge in [0.2, 0.25) is 5.91 Å². The fourth-order valence-corrected chi connectivity index (χ4v) is 3.77. The summed E-state index contributed by atoms with van der Waals surface area (Å²) in [4.78, 5) is 30.9. The lowest BCUT2D eigenvalue weighted by Crippen LogP contribution is -2.30. The van der Waals surface area contributed by atoms with Crippen LogP contribution in [0.4, 0.5) is 5.69 Å². The van der Waals surface area contributed by atoms with E-state index in [1.807, 2.05) is 25.3 Å². The molecule has 2 amide bonds. The Morgan fingerprint density at radius 3 is 2.68 bits per heavy atom. The van der Waals surface area contributed by atoms with Crippen molar-refractivity contribution >= 4 is 40.4 Å². The Morgan fingerprint density at radius 1 is 1.25 bits per heavy atom. The number of carbonyl (C=O) groups excluding carboxylic acids is 2. The minimum atomic E-state index is -0.213. The minimum absolute atomic E-state index is 0.124. The monoisotopic (exact) mass is 417 g/mol. The van der Waals surface area contributed by atoms with Gasteiger partial charge in [0.05, 0.1) is 29.0 Å². The predicted octanol–water partition coefficient (Wildman–Crippen LogP) is 4.72. The molecule has 1 aromatic carbocycles. The molecule has 0 atom stereocenters. The fourth-order valence-electron chi connectivity index (χ4n) is 2.72. The van der Waals surface area contributed by atoms with Gasteiger partial charge in [-0.1, -0.05) is 11.6 Å². The Bertz CT molecular complexity index is 965. The normalized spacial score (nSPS) is 10.7. The molecule has 8 heteroatoms. The largest absolute Gasteiger partial charge is 0.462 e. The van der Waals surface area contributed by atoms with Crippen molar-refractivity contribution in [3.63, 3.8) is 0 Å². The van der Waals surface area contributed by atoms with Gasteiger partial charge in [0.1, 0.15) is 0 Å². The maximum atomic E-state index is 12.4. The average molecular weight is 418 g/mol. The van der Waals surface area contributed by atoms with Gasteiger partial charge in [0.15, 0.2) is 10.8 Å². The zero-order valence-electron chi connectivity index (χ0n) is 15.6. The molecule has 0 aliphatic carbocycles. The summed E-state index contributed by atoms with van der Waals surface area (Å²) in [5.74, 6) is 0.341. The standard InChI is InChI=1S/C20H20ClN3O3S/c1-3-24(4-2)20(26)15-8-7-13(10-16(15)21)22-18(25)11-14-12-28-19(23-14)17-6-5-9-27-17/h5-10,12H,3-4,11H2,1-2H3,(H,22,25). The SMILES string of the molecule is CCN(CC)C(=O)c1ccc(NC(=O)Cc2csc(-c3ccco3)n2)cc1Cl. The molecule has 0 spiro atoms. The van der Waals surface area contributed by atoms with Gasteiger partial charge in [0, 0.05) is 24.2 Å². The number of rotatable bonds is 7. The molecule has 2 heterocycles. The maximum absolute atomic E-state index is 12.4. The molecular formula is C20H20ClN3O3S. The van der Waals surface area contributed by atoms with Crippen molar-refractivity contribution in [1.82, 2.24) is 9.88 Å². The van der Waals surface area contributed by atoms with Crippen LogP contribution in [0.3, 0.4) is 0 Å². The molecule has 3 rings (SSSR count). The van der Waals surface area contributed by atoms with Crippen LogP contribution in [0.25, 0.3) is 10.8 Å². The van der Waals surface area contributed by atoms with Crippen LogP contribution in [-0.4, -0.2) is 34.8 Å². The summed E-state index contributed by atoms with van der Waals surface area (Å²) in [5.41, 5.74) is 1.62. The van der Waals surface area contributed by atoms with Crippen LogP contribution in [-0.2, 0) is 11.2 Å². The number of halogens is 1. The van der Waals surface area contributed by atoms with E-state index >= 15 is 0 Å². The van der Waals surface area contributed by atoms with Gasteiger partial charge in [-0.2, -0.15) is 0 Å². The molecule has 6 nitrogen and oxygen atoms in total. The van der Waals surface area contributed by atoms with Gasteiger partial charge in [-0.05, 0) is 44.2 Å². The van der Waals surface area contributed by atoms with Gasteiger partial charge in [-0.15, -0.1) is 11.3 Å². The Kier molecular flexibility index (Phi) is 6.49. The van der Waals surface area contributed by atoms with E-state index in [-0.39, 0.29) is 18.2 Å². The Morgan fingerprint density at radius 2 is 2.04 bits per heavy atom. The second-order valence-corrected chi connectivity index (χ2v) is 7.28. The van der Waals surface area contributed by atoms with Crippen molar-refractivity contribution in [2.75, 3.05) is 18.4 Å². The molecule has 28 heavy (non-hydrogen) atoms. The van der Waals surface area contributed by atoms with Crippen molar-refractivity contribution in [1.29, 1.82) is 0 Å². The molecule has 0 aliphatic rings. The number of hydrogen-bond donors (Lipinski definition) is 1. The number of hydrogen-bond acceptors (Lipinski definition) is 5. The number of anilines is 1. The number of thiazole rings is 1. The highest BCUT2D eigenvalue weighted by molar-refractivity contribution is 7.13. The van der Waals surface area contributed by atoms with E-state index in [0.29, 0.717) is 40.8 Å².